The third-order valence-electron chi connectivity index (χ3n) is 2.17. The van der Waals surface area contributed by atoms with Crippen molar-refractivity contribution in [2.75, 3.05) is 5.32 Å². The summed E-state index contributed by atoms with van der Waals surface area (Å²) in [6.07, 6.45) is 1.37. The Morgan fingerprint density at radius 1 is 1.35 bits per heavy atom. The Balaban J connectivity index is 2.25. The molecule has 0 saturated heterocycles. The highest BCUT2D eigenvalue weighted by Crippen LogP contribution is 2.18. The van der Waals surface area contributed by atoms with E-state index in [1.165, 1.54) is 6.33 Å². The van der Waals surface area contributed by atoms with Gasteiger partial charge in [0.25, 0.3) is 5.56 Å². The van der Waals surface area contributed by atoms with Gasteiger partial charge in [-0.15, -0.1) is 11.6 Å². The molecule has 6 heteroatoms. The molecule has 17 heavy (non-hydrogen) atoms. The molecular formula is C11H9ClIN3O. The van der Waals surface area contributed by atoms with Crippen molar-refractivity contribution in [3.05, 3.63) is 50.1 Å². The molecular weight excluding hydrogens is 352 g/mol. The van der Waals surface area contributed by atoms with Crippen LogP contribution >= 0.6 is 34.2 Å². The van der Waals surface area contributed by atoms with E-state index in [1.54, 1.807) is 0 Å². The molecule has 1 heterocycles. The molecule has 0 fully saturated rings. The summed E-state index contributed by atoms with van der Waals surface area (Å²) in [7, 11) is 0. The van der Waals surface area contributed by atoms with Gasteiger partial charge >= 0.3 is 0 Å². The van der Waals surface area contributed by atoms with Crippen molar-refractivity contribution >= 4 is 45.7 Å². The molecule has 1 aromatic carbocycles. The second kappa shape index (κ2) is 5.50. The SMILES string of the molecule is O=c1[nH]cnc(Nc2ccc(CCl)cc2)c1I. The van der Waals surface area contributed by atoms with Crippen molar-refractivity contribution in [2.24, 2.45) is 0 Å². The normalized spacial score (nSPS) is 10.2. The molecule has 4 nitrogen and oxygen atoms in total. The zero-order valence-electron chi connectivity index (χ0n) is 8.71. The van der Waals surface area contributed by atoms with Crippen LogP contribution in [0.4, 0.5) is 11.5 Å². The Morgan fingerprint density at radius 2 is 2.06 bits per heavy atom. The minimum absolute atomic E-state index is 0.152. The lowest BCUT2D eigenvalue weighted by atomic mass is 10.2. The summed E-state index contributed by atoms with van der Waals surface area (Å²) in [6.45, 7) is 0. The summed E-state index contributed by atoms with van der Waals surface area (Å²) in [5.41, 5.74) is 1.76. The zero-order valence-corrected chi connectivity index (χ0v) is 11.6. The van der Waals surface area contributed by atoms with Gasteiger partial charge in [-0.2, -0.15) is 0 Å². The number of nitrogens with one attached hydrogen (secondary N) is 2. The van der Waals surface area contributed by atoms with E-state index in [4.69, 9.17) is 11.6 Å². The Morgan fingerprint density at radius 3 is 2.71 bits per heavy atom. The molecule has 2 N–H and O–H groups in total. The Labute approximate surface area is 117 Å². The zero-order chi connectivity index (χ0) is 12.3. The van der Waals surface area contributed by atoms with E-state index < -0.39 is 0 Å². The number of aromatic amines is 1. The first-order chi connectivity index (χ1) is 8.20. The number of alkyl halides is 1. The highest BCUT2D eigenvalue weighted by atomic mass is 127. The molecule has 1 aromatic heterocycles. The third kappa shape index (κ3) is 2.98. The lowest BCUT2D eigenvalue weighted by Gasteiger charge is -2.06. The Hall–Kier alpha value is -1.08. The van der Waals surface area contributed by atoms with E-state index in [-0.39, 0.29) is 5.56 Å². The number of H-pyrrole nitrogens is 1. The van der Waals surface area contributed by atoms with Crippen LogP contribution < -0.4 is 10.9 Å². The van der Waals surface area contributed by atoms with Gasteiger partial charge in [0.2, 0.25) is 0 Å². The number of nitrogens with zero attached hydrogens (tertiary/aromatic N) is 1. The van der Waals surface area contributed by atoms with Gasteiger partial charge in [0.05, 0.1) is 6.33 Å². The second-order valence-corrected chi connectivity index (χ2v) is 4.70. The van der Waals surface area contributed by atoms with Crippen LogP contribution in [0.5, 0.6) is 0 Å². The van der Waals surface area contributed by atoms with Gasteiger partial charge in [-0.25, -0.2) is 4.98 Å². The van der Waals surface area contributed by atoms with Gasteiger partial charge in [-0.1, -0.05) is 12.1 Å². The molecule has 0 radical (unpaired) electrons. The summed E-state index contributed by atoms with van der Waals surface area (Å²) in [5, 5.41) is 3.08. The number of anilines is 2. The fourth-order valence-corrected chi connectivity index (χ4v) is 1.89. The highest BCUT2D eigenvalue weighted by Gasteiger charge is 2.04. The van der Waals surface area contributed by atoms with Crippen molar-refractivity contribution < 1.29 is 0 Å². The number of rotatable bonds is 3. The average Bonchev–Trinajstić information content (AvgIpc) is 2.36. The molecule has 0 aliphatic heterocycles. The predicted molar refractivity (Wildman–Crippen MR) is 76.9 cm³/mol. The van der Waals surface area contributed by atoms with Crippen LogP contribution in [-0.4, -0.2) is 9.97 Å². The second-order valence-electron chi connectivity index (χ2n) is 3.35. The standard InChI is InChI=1S/C11H9ClIN3O/c12-5-7-1-3-8(4-2-7)16-10-9(13)11(17)15-6-14-10/h1-4,6H,5H2,(H2,14,15,16,17). The first kappa shape index (κ1) is 12.4. The molecule has 0 unspecified atom stereocenters. The van der Waals surface area contributed by atoms with E-state index in [0.717, 1.165) is 11.3 Å². The molecule has 2 rings (SSSR count). The Kier molecular flexibility index (Phi) is 4.01. The van der Waals surface area contributed by atoms with Crippen molar-refractivity contribution in [2.45, 2.75) is 5.88 Å². The molecule has 0 spiro atoms. The molecule has 2 aromatic rings. The molecule has 0 atom stereocenters. The minimum Gasteiger partial charge on any atom is -0.339 e. The van der Waals surface area contributed by atoms with Crippen LogP contribution in [0, 0.1) is 3.57 Å². The van der Waals surface area contributed by atoms with Crippen molar-refractivity contribution in [3.8, 4) is 0 Å². The topological polar surface area (TPSA) is 57.8 Å². The monoisotopic (exact) mass is 361 g/mol. The van der Waals surface area contributed by atoms with Gasteiger partial charge in [0.1, 0.15) is 3.57 Å². The van der Waals surface area contributed by atoms with Crippen LogP contribution in [0.3, 0.4) is 0 Å². The number of hydrogen-bond acceptors (Lipinski definition) is 3. The highest BCUT2D eigenvalue weighted by molar-refractivity contribution is 14.1. The van der Waals surface area contributed by atoms with Gasteiger partial charge < -0.3 is 10.3 Å². The number of hydrogen-bond donors (Lipinski definition) is 2. The predicted octanol–water partition coefficient (Wildman–Crippen LogP) is 2.86. The van der Waals surface area contributed by atoms with Crippen molar-refractivity contribution in [1.82, 2.24) is 9.97 Å². The van der Waals surface area contributed by atoms with E-state index in [9.17, 15) is 4.79 Å². The van der Waals surface area contributed by atoms with E-state index >= 15 is 0 Å². The van der Waals surface area contributed by atoms with Gasteiger partial charge in [-0.05, 0) is 40.3 Å². The largest absolute Gasteiger partial charge is 0.339 e. The molecule has 0 aliphatic carbocycles. The first-order valence-corrected chi connectivity index (χ1v) is 6.47. The maximum Gasteiger partial charge on any atom is 0.266 e. The number of benzene rings is 1. The van der Waals surface area contributed by atoms with Gasteiger partial charge in [0.15, 0.2) is 5.82 Å². The summed E-state index contributed by atoms with van der Waals surface area (Å²) < 4.78 is 0.534. The minimum atomic E-state index is -0.152. The van der Waals surface area contributed by atoms with Crippen LogP contribution in [0.1, 0.15) is 5.56 Å². The van der Waals surface area contributed by atoms with E-state index in [0.29, 0.717) is 15.3 Å². The lowest BCUT2D eigenvalue weighted by Crippen LogP contribution is -2.12. The van der Waals surface area contributed by atoms with E-state index in [1.807, 2.05) is 46.9 Å². The van der Waals surface area contributed by atoms with Crippen LogP contribution in [0.2, 0.25) is 0 Å². The fourth-order valence-electron chi connectivity index (χ4n) is 1.28. The number of aromatic nitrogens is 2. The quantitative estimate of drug-likeness (QED) is 0.653. The summed E-state index contributed by atoms with van der Waals surface area (Å²) in [6, 6.07) is 7.65. The molecule has 88 valence electrons. The molecule has 0 saturated carbocycles. The summed E-state index contributed by atoms with van der Waals surface area (Å²) in [4.78, 5) is 18.0. The van der Waals surface area contributed by atoms with Crippen LogP contribution in [0.15, 0.2) is 35.4 Å². The third-order valence-corrected chi connectivity index (χ3v) is 3.48. The molecule has 0 amide bonds. The molecule has 0 bridgehead atoms. The van der Waals surface area contributed by atoms with Gasteiger partial charge in [0, 0.05) is 11.6 Å². The van der Waals surface area contributed by atoms with Crippen molar-refractivity contribution in [3.63, 3.8) is 0 Å². The first-order valence-electron chi connectivity index (χ1n) is 4.86. The fraction of sp³-hybridized carbons (Fsp3) is 0.0909. The van der Waals surface area contributed by atoms with E-state index in [2.05, 4.69) is 15.3 Å². The van der Waals surface area contributed by atoms with Crippen LogP contribution in [0.25, 0.3) is 0 Å². The van der Waals surface area contributed by atoms with Gasteiger partial charge in [-0.3, -0.25) is 4.79 Å². The number of halogens is 2. The van der Waals surface area contributed by atoms with Crippen LogP contribution in [-0.2, 0) is 5.88 Å². The smallest absolute Gasteiger partial charge is 0.266 e. The van der Waals surface area contributed by atoms with Crippen molar-refractivity contribution in [1.29, 1.82) is 0 Å². The molecule has 0 aliphatic rings. The summed E-state index contributed by atoms with van der Waals surface area (Å²) >= 11 is 7.66. The average molecular weight is 362 g/mol. The lowest BCUT2D eigenvalue weighted by molar-refractivity contribution is 1.10. The maximum absolute atomic E-state index is 11.4. The maximum atomic E-state index is 11.4. The summed E-state index contributed by atoms with van der Waals surface area (Å²) in [5.74, 6) is 1.04. The Bertz CT molecular complexity index is 568.